The number of hydrazine groups is 1. The van der Waals surface area contributed by atoms with Gasteiger partial charge in [-0.3, -0.25) is 10.2 Å². The Bertz CT molecular complexity index is 1040. The van der Waals surface area contributed by atoms with Gasteiger partial charge in [-0.25, -0.2) is 18.6 Å². The van der Waals surface area contributed by atoms with Crippen molar-refractivity contribution < 1.29 is 13.2 Å². The molecule has 0 saturated heterocycles. The summed E-state index contributed by atoms with van der Waals surface area (Å²) in [5.41, 5.74) is 7.93. The second kappa shape index (κ2) is 9.47. The zero-order valence-corrected chi connectivity index (χ0v) is 16.8. The number of hydrogen-bond acceptors (Lipinski definition) is 4. The summed E-state index contributed by atoms with van der Waals surface area (Å²) in [6.07, 6.45) is 0. The highest BCUT2D eigenvalue weighted by Crippen LogP contribution is 2.14. The van der Waals surface area contributed by atoms with Crippen LogP contribution in [0.1, 0.15) is 27.5 Å². The molecule has 1 amide bonds. The van der Waals surface area contributed by atoms with Gasteiger partial charge in [-0.1, -0.05) is 66.2 Å². The van der Waals surface area contributed by atoms with E-state index >= 15 is 0 Å². The Hall–Kier alpha value is -3.00. The number of rotatable bonds is 8. The molecule has 0 aliphatic carbocycles. The average molecular weight is 410 g/mol. The van der Waals surface area contributed by atoms with Crippen LogP contribution in [0, 0.1) is 6.92 Å². The fraction of sp³-hybridized carbons (Fsp3) is 0.136. The highest BCUT2D eigenvalue weighted by molar-refractivity contribution is 7.89. The van der Waals surface area contributed by atoms with Crippen LogP contribution in [-0.4, -0.2) is 20.9 Å². The van der Waals surface area contributed by atoms with Crippen molar-refractivity contribution in [2.75, 3.05) is 6.54 Å². The molecular formula is C22H23N3O3S. The number of amides is 1. The number of aryl methyl sites for hydroxylation is 1. The molecule has 3 rings (SSSR count). The molecule has 1 unspecified atom stereocenters. The third kappa shape index (κ3) is 5.74. The maximum absolute atomic E-state index is 12.6. The molecule has 0 aliphatic heterocycles. The first-order valence-corrected chi connectivity index (χ1v) is 10.7. The molecule has 0 fully saturated rings. The lowest BCUT2D eigenvalue weighted by Crippen LogP contribution is -2.44. The second-order valence-corrected chi connectivity index (χ2v) is 8.36. The Labute approximate surface area is 171 Å². The van der Waals surface area contributed by atoms with Crippen molar-refractivity contribution in [2.24, 2.45) is 0 Å². The first kappa shape index (κ1) is 20.7. The maximum Gasteiger partial charge on any atom is 0.265 e. The summed E-state index contributed by atoms with van der Waals surface area (Å²) in [4.78, 5) is 12.5. The molecule has 3 N–H and O–H groups in total. The molecule has 7 heteroatoms. The van der Waals surface area contributed by atoms with Crippen molar-refractivity contribution in [1.82, 2.24) is 15.6 Å². The van der Waals surface area contributed by atoms with Gasteiger partial charge in [-0.15, -0.1) is 0 Å². The van der Waals surface area contributed by atoms with Gasteiger partial charge >= 0.3 is 0 Å². The molecule has 150 valence electrons. The Kier molecular flexibility index (Phi) is 6.77. The smallest absolute Gasteiger partial charge is 0.265 e. The minimum atomic E-state index is -3.67. The van der Waals surface area contributed by atoms with Gasteiger partial charge in [0.05, 0.1) is 10.9 Å². The van der Waals surface area contributed by atoms with E-state index in [9.17, 15) is 13.2 Å². The summed E-state index contributed by atoms with van der Waals surface area (Å²) in [6, 6.07) is 24.3. The highest BCUT2D eigenvalue weighted by Gasteiger charge is 2.19. The number of nitrogens with one attached hydrogen (secondary N) is 3. The van der Waals surface area contributed by atoms with Crippen molar-refractivity contribution in [3.63, 3.8) is 0 Å². The SMILES string of the molecule is Cc1ccc(S(=O)(=O)NCC(NNC(=O)c2ccccc2)c2ccccc2)cc1. The molecule has 0 heterocycles. The van der Waals surface area contributed by atoms with Gasteiger partial charge in [0.15, 0.2) is 0 Å². The van der Waals surface area contributed by atoms with Crippen LogP contribution in [0.15, 0.2) is 89.8 Å². The molecule has 6 nitrogen and oxygen atoms in total. The third-order valence-corrected chi connectivity index (χ3v) is 5.85. The van der Waals surface area contributed by atoms with Gasteiger partial charge in [0.25, 0.3) is 5.91 Å². The predicted molar refractivity (Wildman–Crippen MR) is 113 cm³/mol. The molecule has 0 aromatic heterocycles. The number of carbonyl (C=O) groups is 1. The molecule has 0 aliphatic rings. The molecule has 3 aromatic rings. The van der Waals surface area contributed by atoms with E-state index in [1.807, 2.05) is 43.3 Å². The topological polar surface area (TPSA) is 87.3 Å². The maximum atomic E-state index is 12.6. The fourth-order valence-electron chi connectivity index (χ4n) is 2.75. The van der Waals surface area contributed by atoms with Crippen LogP contribution in [0.3, 0.4) is 0 Å². The predicted octanol–water partition coefficient (Wildman–Crippen LogP) is 2.95. The van der Waals surface area contributed by atoms with Gasteiger partial charge in [0, 0.05) is 12.1 Å². The van der Waals surface area contributed by atoms with E-state index in [1.165, 1.54) is 0 Å². The summed E-state index contributed by atoms with van der Waals surface area (Å²) in [5, 5.41) is 0. The molecule has 0 radical (unpaired) electrons. The van der Waals surface area contributed by atoms with E-state index < -0.39 is 16.1 Å². The van der Waals surface area contributed by atoms with Crippen LogP contribution in [-0.2, 0) is 10.0 Å². The largest absolute Gasteiger partial charge is 0.287 e. The van der Waals surface area contributed by atoms with E-state index in [2.05, 4.69) is 15.6 Å². The average Bonchev–Trinajstić information content (AvgIpc) is 2.75. The number of benzene rings is 3. The van der Waals surface area contributed by atoms with Crippen LogP contribution >= 0.6 is 0 Å². The van der Waals surface area contributed by atoms with Crippen molar-refractivity contribution in [3.05, 3.63) is 102 Å². The summed E-state index contributed by atoms with van der Waals surface area (Å²) in [5.74, 6) is -0.298. The molecule has 0 saturated carbocycles. The first-order chi connectivity index (χ1) is 14.0. The van der Waals surface area contributed by atoms with Crippen LogP contribution in [0.4, 0.5) is 0 Å². The molecule has 3 aromatic carbocycles. The Morgan fingerprint density at radius 3 is 2.07 bits per heavy atom. The van der Waals surface area contributed by atoms with E-state index in [0.717, 1.165) is 11.1 Å². The van der Waals surface area contributed by atoms with Crippen molar-refractivity contribution in [3.8, 4) is 0 Å². The van der Waals surface area contributed by atoms with Crippen molar-refractivity contribution in [1.29, 1.82) is 0 Å². The molecular weight excluding hydrogens is 386 g/mol. The van der Waals surface area contributed by atoms with E-state index in [4.69, 9.17) is 0 Å². The zero-order chi connectivity index (χ0) is 20.7. The minimum absolute atomic E-state index is 0.0648. The van der Waals surface area contributed by atoms with Gasteiger partial charge in [-0.2, -0.15) is 0 Å². The lowest BCUT2D eigenvalue weighted by atomic mass is 10.1. The van der Waals surface area contributed by atoms with Gasteiger partial charge in [0.1, 0.15) is 0 Å². The first-order valence-electron chi connectivity index (χ1n) is 9.18. The van der Waals surface area contributed by atoms with Crippen LogP contribution in [0.25, 0.3) is 0 Å². The summed E-state index contributed by atoms with van der Waals surface area (Å²) in [7, 11) is -3.67. The van der Waals surface area contributed by atoms with Gasteiger partial charge in [0.2, 0.25) is 10.0 Å². The molecule has 0 bridgehead atoms. The number of carbonyl (C=O) groups excluding carboxylic acids is 1. The molecule has 29 heavy (non-hydrogen) atoms. The van der Waals surface area contributed by atoms with Gasteiger partial charge in [-0.05, 0) is 36.8 Å². The Balaban J connectivity index is 1.71. The lowest BCUT2D eigenvalue weighted by Gasteiger charge is -2.20. The minimum Gasteiger partial charge on any atom is -0.287 e. The lowest BCUT2D eigenvalue weighted by molar-refractivity contribution is 0.0925. The van der Waals surface area contributed by atoms with Crippen LogP contribution in [0.2, 0.25) is 0 Å². The van der Waals surface area contributed by atoms with Crippen LogP contribution < -0.4 is 15.6 Å². The van der Waals surface area contributed by atoms with E-state index in [1.54, 1.807) is 48.5 Å². The van der Waals surface area contributed by atoms with E-state index in [0.29, 0.717) is 5.56 Å². The van der Waals surface area contributed by atoms with E-state index in [-0.39, 0.29) is 17.3 Å². The molecule has 1 atom stereocenters. The fourth-order valence-corrected chi connectivity index (χ4v) is 3.79. The van der Waals surface area contributed by atoms with Crippen molar-refractivity contribution >= 4 is 15.9 Å². The monoisotopic (exact) mass is 409 g/mol. The second-order valence-electron chi connectivity index (χ2n) is 6.59. The number of sulfonamides is 1. The summed E-state index contributed by atoms with van der Waals surface area (Å²) in [6.45, 7) is 1.96. The highest BCUT2D eigenvalue weighted by atomic mass is 32.2. The van der Waals surface area contributed by atoms with Gasteiger partial charge < -0.3 is 0 Å². The Morgan fingerprint density at radius 1 is 0.862 bits per heavy atom. The summed E-state index contributed by atoms with van der Waals surface area (Å²) >= 11 is 0. The Morgan fingerprint density at radius 2 is 1.45 bits per heavy atom. The third-order valence-electron chi connectivity index (χ3n) is 4.41. The van der Waals surface area contributed by atoms with Crippen molar-refractivity contribution in [2.45, 2.75) is 17.9 Å². The normalized spacial score (nSPS) is 12.3. The number of hydrogen-bond donors (Lipinski definition) is 3. The zero-order valence-electron chi connectivity index (χ0n) is 16.0. The summed E-state index contributed by atoms with van der Waals surface area (Å²) < 4.78 is 27.8. The quantitative estimate of drug-likeness (QED) is 0.499. The standard InChI is InChI=1S/C22H23N3O3S/c1-17-12-14-20(15-13-17)29(27,28)23-16-21(18-8-4-2-5-9-18)24-25-22(26)19-10-6-3-7-11-19/h2-15,21,23-24H,16H2,1H3,(H,25,26). The molecule has 0 spiro atoms. The van der Waals surface area contributed by atoms with Crippen LogP contribution in [0.5, 0.6) is 0 Å².